The summed E-state index contributed by atoms with van der Waals surface area (Å²) in [6.07, 6.45) is -10.5. The maximum Gasteiger partial charge on any atom is 0.415 e. The molecule has 4 aromatic carbocycles. The summed E-state index contributed by atoms with van der Waals surface area (Å²) in [6.45, 7) is 6.00. The molecule has 1 fully saturated rings. The van der Waals surface area contributed by atoms with Crippen molar-refractivity contribution in [3.63, 3.8) is 0 Å². The van der Waals surface area contributed by atoms with Crippen LogP contribution in [0.25, 0.3) is 21.5 Å². The lowest BCUT2D eigenvalue weighted by Crippen LogP contribution is -2.61. The number of hydrogen-bond acceptors (Lipinski definition) is 13. The van der Waals surface area contributed by atoms with E-state index in [1.54, 1.807) is 82.2 Å². The molecule has 360 valence electrons. The molecule has 0 spiro atoms. The minimum absolute atomic E-state index is 0.0998. The van der Waals surface area contributed by atoms with Crippen LogP contribution in [0.2, 0.25) is 0 Å². The van der Waals surface area contributed by atoms with E-state index in [0.29, 0.717) is 27.5 Å². The van der Waals surface area contributed by atoms with Gasteiger partial charge in [0.2, 0.25) is 6.29 Å². The van der Waals surface area contributed by atoms with E-state index in [4.69, 9.17) is 42.1 Å². The normalized spacial score (nSPS) is 22.2. The smallest absolute Gasteiger partial charge is 0.415 e. The molecule has 3 aliphatic rings. The largest absolute Gasteiger partial charge is 0.479 e. The number of hydrogen-bond donors (Lipinski definition) is 4. The first-order valence-corrected chi connectivity index (χ1v) is 23.6. The van der Waals surface area contributed by atoms with Crippen molar-refractivity contribution in [3.8, 4) is 11.5 Å². The fourth-order valence-electron chi connectivity index (χ4n) is 8.75. The standard InChI is InChI=1S/C48H50Cl2N4O13S/c1-48(2,3)67-47(63)52(5)17-16-51(4)46(62)65-33-19-31-37(29-13-9-7-11-27(29)33)25(21-50)23-54(31)43(59)35-15-14-34(68-35)42(58)53-22-24(20-49)36-28-12-8-6-10-26(28)32(18-30(36)53)64-45-40(57)38(55)39(56)41(66-45)44(60)61/h6-15,18-19,24-25,38-41,45,55-57H,16-17,20-23H2,1-5H3,(H,60,61)/t24-,25-,38+,39+,40-,41+,45-/m1/s1. The number of benzene rings is 4. The van der Waals surface area contributed by atoms with Crippen molar-refractivity contribution in [2.45, 2.75) is 68.9 Å². The van der Waals surface area contributed by atoms with E-state index in [1.807, 2.05) is 30.3 Å². The minimum Gasteiger partial charge on any atom is -0.479 e. The van der Waals surface area contributed by atoms with Crippen LogP contribution < -0.4 is 19.3 Å². The number of carbonyl (C=O) groups excluding carboxylic acids is 4. The molecule has 0 bridgehead atoms. The molecule has 68 heavy (non-hydrogen) atoms. The maximum atomic E-state index is 14.6. The lowest BCUT2D eigenvalue weighted by atomic mass is 9.95. The summed E-state index contributed by atoms with van der Waals surface area (Å²) >= 11 is 14.1. The number of carboxylic acid groups (broad SMARTS) is 1. The van der Waals surface area contributed by atoms with Gasteiger partial charge in [-0.25, -0.2) is 14.4 Å². The number of amides is 4. The van der Waals surface area contributed by atoms with E-state index in [1.165, 1.54) is 14.7 Å². The van der Waals surface area contributed by atoms with Crippen LogP contribution in [0.1, 0.15) is 63.1 Å². The third kappa shape index (κ3) is 9.25. The van der Waals surface area contributed by atoms with Gasteiger partial charge in [-0.3, -0.25) is 9.59 Å². The van der Waals surface area contributed by atoms with E-state index < -0.39 is 66.3 Å². The Labute approximate surface area is 404 Å². The maximum absolute atomic E-state index is 14.6. The summed E-state index contributed by atoms with van der Waals surface area (Å²) in [5.74, 6) is -2.37. The number of likely N-dealkylation sites (N-methyl/N-ethyl adjacent to an activating group) is 2. The number of fused-ring (bicyclic) bond motifs is 6. The Morgan fingerprint density at radius 1 is 0.706 bits per heavy atom. The Hall–Kier alpha value is -5.73. The van der Waals surface area contributed by atoms with Gasteiger partial charge < -0.3 is 59.0 Å². The monoisotopic (exact) mass is 992 g/mol. The summed E-state index contributed by atoms with van der Waals surface area (Å²) in [5.41, 5.74) is 1.79. The minimum atomic E-state index is -1.92. The number of aliphatic hydroxyl groups is 3. The Kier molecular flexibility index (Phi) is 13.9. The highest BCUT2D eigenvalue weighted by Gasteiger charge is 2.48. The van der Waals surface area contributed by atoms with Gasteiger partial charge in [-0.1, -0.05) is 48.5 Å². The Morgan fingerprint density at radius 2 is 1.18 bits per heavy atom. The number of nitrogens with zero attached hydrogens (tertiary/aromatic N) is 4. The van der Waals surface area contributed by atoms with Gasteiger partial charge in [0.25, 0.3) is 11.8 Å². The zero-order valence-corrected chi connectivity index (χ0v) is 40.0. The molecule has 3 aliphatic heterocycles. The molecule has 4 N–H and O–H groups in total. The molecule has 0 aliphatic carbocycles. The first kappa shape index (κ1) is 48.7. The highest BCUT2D eigenvalue weighted by Crippen LogP contribution is 2.49. The average molecular weight is 994 g/mol. The number of aliphatic hydroxyl groups excluding tert-OH is 3. The molecule has 20 heteroatoms. The zero-order valence-electron chi connectivity index (χ0n) is 37.6. The van der Waals surface area contributed by atoms with Crippen molar-refractivity contribution >= 4 is 97.4 Å². The second-order valence-electron chi connectivity index (χ2n) is 17.9. The van der Waals surface area contributed by atoms with Crippen molar-refractivity contribution in [2.75, 3.05) is 61.8 Å². The molecule has 1 aromatic heterocycles. The lowest BCUT2D eigenvalue weighted by molar-refractivity contribution is -0.270. The quantitative estimate of drug-likeness (QED) is 0.103. The molecular weight excluding hydrogens is 944 g/mol. The Morgan fingerprint density at radius 3 is 1.66 bits per heavy atom. The number of ether oxygens (including phenoxy) is 4. The predicted octanol–water partition coefficient (Wildman–Crippen LogP) is 6.59. The van der Waals surface area contributed by atoms with Crippen LogP contribution in [0, 0.1) is 0 Å². The first-order valence-electron chi connectivity index (χ1n) is 21.7. The van der Waals surface area contributed by atoms with E-state index >= 15 is 0 Å². The first-order chi connectivity index (χ1) is 32.3. The van der Waals surface area contributed by atoms with E-state index in [2.05, 4.69) is 0 Å². The van der Waals surface area contributed by atoms with Crippen molar-refractivity contribution in [2.24, 2.45) is 0 Å². The second kappa shape index (κ2) is 19.3. The molecule has 4 heterocycles. The summed E-state index contributed by atoms with van der Waals surface area (Å²) in [6, 6.07) is 20.8. The Balaban J connectivity index is 1.06. The van der Waals surface area contributed by atoms with Crippen LogP contribution in [-0.2, 0) is 14.3 Å². The van der Waals surface area contributed by atoms with Gasteiger partial charge in [-0.2, -0.15) is 0 Å². The number of rotatable bonds is 11. The molecule has 0 unspecified atom stereocenters. The average Bonchev–Trinajstić information content (AvgIpc) is 4.06. The molecule has 4 amide bonds. The third-order valence-corrected chi connectivity index (χ3v) is 14.0. The second-order valence-corrected chi connectivity index (χ2v) is 19.6. The van der Waals surface area contributed by atoms with Crippen LogP contribution >= 0.6 is 34.5 Å². The van der Waals surface area contributed by atoms with Gasteiger partial charge in [0.05, 0.1) is 21.1 Å². The van der Waals surface area contributed by atoms with Gasteiger partial charge in [0, 0.05) is 86.8 Å². The van der Waals surface area contributed by atoms with E-state index in [9.17, 15) is 44.4 Å². The molecule has 0 saturated carbocycles. The van der Waals surface area contributed by atoms with Crippen molar-refractivity contribution in [1.29, 1.82) is 0 Å². The van der Waals surface area contributed by atoms with Crippen LogP contribution in [0.4, 0.5) is 21.0 Å². The summed E-state index contributed by atoms with van der Waals surface area (Å²) in [7, 11) is 3.13. The van der Waals surface area contributed by atoms with Crippen LogP contribution in [0.3, 0.4) is 0 Å². The molecule has 8 rings (SSSR count). The number of thiophene rings is 1. The molecule has 1 saturated heterocycles. The van der Waals surface area contributed by atoms with Crippen molar-refractivity contribution in [1.82, 2.24) is 9.80 Å². The predicted molar refractivity (Wildman–Crippen MR) is 255 cm³/mol. The van der Waals surface area contributed by atoms with Crippen LogP contribution in [0.5, 0.6) is 11.5 Å². The van der Waals surface area contributed by atoms with Gasteiger partial charge in [-0.05, 0) is 54.8 Å². The fraction of sp³-hybridized carbons (Fsp3) is 0.396. The van der Waals surface area contributed by atoms with Gasteiger partial charge in [0.15, 0.2) is 6.10 Å². The van der Waals surface area contributed by atoms with Gasteiger partial charge >= 0.3 is 18.2 Å². The Bertz CT molecular complexity index is 2800. The molecule has 5 aromatic rings. The molecular formula is C48H50Cl2N4O13S. The fourth-order valence-corrected chi connectivity index (χ4v) is 10.2. The number of alkyl halides is 2. The number of carbonyl (C=O) groups is 5. The van der Waals surface area contributed by atoms with E-state index in [0.717, 1.165) is 27.8 Å². The number of anilines is 2. The molecule has 7 atom stereocenters. The summed E-state index contributed by atoms with van der Waals surface area (Å²) in [4.78, 5) is 73.3. The molecule has 17 nitrogen and oxygen atoms in total. The van der Waals surface area contributed by atoms with Gasteiger partial charge in [0.1, 0.15) is 35.4 Å². The van der Waals surface area contributed by atoms with Crippen LogP contribution in [0.15, 0.2) is 72.8 Å². The number of halogens is 2. The highest BCUT2D eigenvalue weighted by molar-refractivity contribution is 7.16. The summed E-state index contributed by atoms with van der Waals surface area (Å²) < 4.78 is 22.9. The van der Waals surface area contributed by atoms with Crippen molar-refractivity contribution < 1.29 is 63.3 Å². The molecule has 0 radical (unpaired) electrons. The van der Waals surface area contributed by atoms with E-state index in [-0.39, 0.29) is 71.0 Å². The highest BCUT2D eigenvalue weighted by atomic mass is 35.5. The van der Waals surface area contributed by atoms with Crippen LogP contribution in [-0.4, -0.2) is 149 Å². The number of carboxylic acids is 1. The topological polar surface area (TPSA) is 216 Å². The van der Waals surface area contributed by atoms with Crippen molar-refractivity contribution in [3.05, 3.63) is 93.7 Å². The van der Waals surface area contributed by atoms with Gasteiger partial charge in [-0.15, -0.1) is 34.5 Å². The SMILES string of the molecule is CN(CCN(C)C(=O)OC(C)(C)C)C(=O)Oc1cc2c(c3ccccc13)[C@H](CCl)CN2C(=O)c1ccc(C(=O)N2C[C@@H](CCl)c3c2cc(O[C@@H]2O[C@H](C(=O)O)[C@@H](O)[C@H](O)[C@H]2O)c2ccccc32)s1. The number of aliphatic carboxylic acids is 1. The third-order valence-electron chi connectivity index (χ3n) is 12.2. The summed E-state index contributed by atoms with van der Waals surface area (Å²) in [5, 5.41) is 43.8. The zero-order chi connectivity index (χ0) is 48.9. The lowest BCUT2D eigenvalue weighted by Gasteiger charge is -2.38.